The molecule has 1 heterocycles. The monoisotopic (exact) mass is 460 g/mol. The van der Waals surface area contributed by atoms with Gasteiger partial charge in [-0.15, -0.1) is 5.10 Å². The molecule has 0 amide bonds. The summed E-state index contributed by atoms with van der Waals surface area (Å²) in [5, 5.41) is 7.25. The van der Waals surface area contributed by atoms with E-state index in [-0.39, 0.29) is 18.6 Å². The predicted octanol–water partition coefficient (Wildman–Crippen LogP) is 3.39. The molecule has 3 rings (SSSR count). The quantitative estimate of drug-likeness (QED) is 0.330. The molecule has 0 saturated heterocycles. The number of hydrogen-bond donors (Lipinski definition) is 2. The number of nitrogens with one attached hydrogen (secondary N) is 1. The smallest absolute Gasteiger partial charge is 0.233 e. The van der Waals surface area contributed by atoms with Gasteiger partial charge in [-0.2, -0.15) is 0 Å². The van der Waals surface area contributed by atoms with Crippen molar-refractivity contribution in [3.8, 4) is 34.4 Å². The third-order valence-corrected chi connectivity index (χ3v) is 5.59. The molecular weight excluding hydrogens is 435 g/mol. The van der Waals surface area contributed by atoms with Gasteiger partial charge in [-0.25, -0.2) is 0 Å². The molecular formula is C22H25N2O7P. The Hall–Kier alpha value is -3.13. The van der Waals surface area contributed by atoms with E-state index < -0.39 is 7.37 Å². The number of hydrogen-bond acceptors (Lipinski definition) is 7. The first-order valence-corrected chi connectivity index (χ1v) is 11.9. The Morgan fingerprint density at radius 1 is 1.12 bits per heavy atom. The number of nitrogens with zero attached hydrogens (tertiary/aromatic N) is 1. The van der Waals surface area contributed by atoms with Gasteiger partial charge in [0.1, 0.15) is 30.0 Å². The van der Waals surface area contributed by atoms with E-state index in [1.54, 1.807) is 49.6 Å². The van der Waals surface area contributed by atoms with Crippen LogP contribution in [0.15, 0.2) is 48.5 Å². The van der Waals surface area contributed by atoms with Crippen molar-refractivity contribution >= 4 is 19.0 Å². The van der Waals surface area contributed by atoms with E-state index in [2.05, 4.69) is 10.2 Å². The van der Waals surface area contributed by atoms with Crippen LogP contribution in [0.2, 0.25) is 0 Å². The number of methoxy groups -OCH3 is 1. The first-order chi connectivity index (χ1) is 15.3. The first-order valence-electron chi connectivity index (χ1n) is 9.80. The van der Waals surface area contributed by atoms with E-state index in [9.17, 15) is 14.3 Å². The van der Waals surface area contributed by atoms with E-state index in [0.29, 0.717) is 41.1 Å². The molecule has 9 nitrogen and oxygen atoms in total. The lowest BCUT2D eigenvalue weighted by molar-refractivity contribution is -0.109. The second kappa shape index (κ2) is 10.5. The van der Waals surface area contributed by atoms with Gasteiger partial charge in [0.15, 0.2) is 6.29 Å². The SMILES string of the molecule is COCC(C)Oc1cc(Oc2ccc(P(C)(=O)O)cc2)cc(-c2cc(OCC=O)n[nH]2)c1. The molecule has 1 aromatic heterocycles. The number of benzene rings is 2. The number of ether oxygens (including phenoxy) is 4. The van der Waals surface area contributed by atoms with Crippen molar-refractivity contribution in [3.05, 3.63) is 48.5 Å². The molecule has 0 aliphatic rings. The Labute approximate surface area is 185 Å². The molecule has 10 heteroatoms. The van der Waals surface area contributed by atoms with Crippen molar-refractivity contribution in [1.82, 2.24) is 10.2 Å². The molecule has 2 aromatic carbocycles. The third-order valence-electron chi connectivity index (χ3n) is 4.33. The number of carbonyl (C=O) groups is 1. The highest BCUT2D eigenvalue weighted by Gasteiger charge is 2.15. The Balaban J connectivity index is 1.90. The zero-order valence-corrected chi connectivity index (χ0v) is 18.9. The largest absolute Gasteiger partial charge is 0.488 e. The second-order valence-electron chi connectivity index (χ2n) is 7.15. The van der Waals surface area contributed by atoms with Crippen LogP contribution in [0.3, 0.4) is 0 Å². The minimum Gasteiger partial charge on any atom is -0.488 e. The van der Waals surface area contributed by atoms with Crippen LogP contribution in [0.25, 0.3) is 11.3 Å². The molecule has 0 aliphatic carbocycles. The summed E-state index contributed by atoms with van der Waals surface area (Å²) >= 11 is 0. The van der Waals surface area contributed by atoms with Gasteiger partial charge in [-0.1, -0.05) is 0 Å². The van der Waals surface area contributed by atoms with E-state index in [1.165, 1.54) is 6.66 Å². The maximum atomic E-state index is 11.8. The molecule has 0 radical (unpaired) electrons. The van der Waals surface area contributed by atoms with Crippen LogP contribution in [-0.4, -0.2) is 54.5 Å². The van der Waals surface area contributed by atoms with Gasteiger partial charge >= 0.3 is 0 Å². The lowest BCUT2D eigenvalue weighted by Gasteiger charge is -2.16. The van der Waals surface area contributed by atoms with Gasteiger partial charge in [-0.05, 0) is 43.3 Å². The number of carbonyl (C=O) groups excluding carboxylic acids is 1. The fourth-order valence-corrected chi connectivity index (χ4v) is 3.63. The van der Waals surface area contributed by atoms with Gasteiger partial charge < -0.3 is 23.8 Å². The molecule has 170 valence electrons. The van der Waals surface area contributed by atoms with Crippen LogP contribution in [0, 0.1) is 0 Å². The standard InChI is InChI=1S/C22H25N2O7P/c1-15(14-28-2)30-18-10-16(21-13-22(24-23-21)29-9-8-25)11-19(12-18)31-17-4-6-20(7-5-17)32(3,26)27/h4-8,10-13,15H,9,14H2,1-3H3,(H,23,24)(H,26,27). The Morgan fingerprint density at radius 3 is 2.50 bits per heavy atom. The van der Waals surface area contributed by atoms with Crippen LogP contribution in [0.1, 0.15) is 6.92 Å². The van der Waals surface area contributed by atoms with E-state index in [1.807, 2.05) is 13.0 Å². The fraction of sp³-hybridized carbons (Fsp3) is 0.273. The lowest BCUT2D eigenvalue weighted by Crippen LogP contribution is -2.17. The Bertz CT molecular complexity index is 1090. The van der Waals surface area contributed by atoms with Crippen molar-refractivity contribution in [2.45, 2.75) is 13.0 Å². The highest BCUT2D eigenvalue weighted by molar-refractivity contribution is 7.65. The number of rotatable bonds is 11. The molecule has 0 bridgehead atoms. The molecule has 32 heavy (non-hydrogen) atoms. The molecule has 2 N–H and O–H groups in total. The van der Waals surface area contributed by atoms with Crippen molar-refractivity contribution in [2.24, 2.45) is 0 Å². The Morgan fingerprint density at radius 2 is 1.84 bits per heavy atom. The number of aldehydes is 1. The van der Waals surface area contributed by atoms with Crippen LogP contribution in [0.4, 0.5) is 0 Å². The maximum Gasteiger partial charge on any atom is 0.233 e. The molecule has 0 aliphatic heterocycles. The van der Waals surface area contributed by atoms with E-state index in [0.717, 1.165) is 5.56 Å². The summed E-state index contributed by atoms with van der Waals surface area (Å²) in [6, 6.07) is 13.4. The summed E-state index contributed by atoms with van der Waals surface area (Å²) in [7, 11) is -1.74. The highest BCUT2D eigenvalue weighted by Crippen LogP contribution is 2.36. The van der Waals surface area contributed by atoms with E-state index >= 15 is 0 Å². The van der Waals surface area contributed by atoms with Crippen LogP contribution in [0.5, 0.6) is 23.1 Å². The fourth-order valence-electron chi connectivity index (χ4n) is 2.93. The topological polar surface area (TPSA) is 120 Å². The predicted molar refractivity (Wildman–Crippen MR) is 119 cm³/mol. The van der Waals surface area contributed by atoms with Crippen molar-refractivity contribution in [1.29, 1.82) is 0 Å². The summed E-state index contributed by atoms with van der Waals surface area (Å²) in [6.45, 7) is 3.49. The highest BCUT2D eigenvalue weighted by atomic mass is 31.2. The average molecular weight is 460 g/mol. The van der Waals surface area contributed by atoms with E-state index in [4.69, 9.17) is 18.9 Å². The summed E-state index contributed by atoms with van der Waals surface area (Å²) < 4.78 is 34.1. The van der Waals surface area contributed by atoms with Crippen molar-refractivity contribution in [3.63, 3.8) is 0 Å². The average Bonchev–Trinajstić information content (AvgIpc) is 3.21. The molecule has 0 saturated carbocycles. The minimum absolute atomic E-state index is 0.0924. The van der Waals surface area contributed by atoms with Gasteiger partial charge in [0, 0.05) is 36.8 Å². The molecule has 0 spiro atoms. The van der Waals surface area contributed by atoms with Gasteiger partial charge in [0.05, 0.1) is 12.3 Å². The van der Waals surface area contributed by atoms with Crippen molar-refractivity contribution < 1.29 is 33.2 Å². The van der Waals surface area contributed by atoms with Crippen LogP contribution in [-0.2, 0) is 14.1 Å². The summed E-state index contributed by atoms with van der Waals surface area (Å²) in [6.07, 6.45) is 0.449. The van der Waals surface area contributed by atoms with Crippen LogP contribution < -0.4 is 19.5 Å². The van der Waals surface area contributed by atoms with Crippen molar-refractivity contribution in [2.75, 3.05) is 27.0 Å². The van der Waals surface area contributed by atoms with Gasteiger partial charge in [0.2, 0.25) is 13.2 Å². The van der Waals surface area contributed by atoms with Gasteiger partial charge in [-0.3, -0.25) is 14.5 Å². The molecule has 2 atom stereocenters. The lowest BCUT2D eigenvalue weighted by atomic mass is 10.1. The summed E-state index contributed by atoms with van der Waals surface area (Å²) in [4.78, 5) is 20.2. The summed E-state index contributed by atoms with van der Waals surface area (Å²) in [5.74, 6) is 1.83. The molecule has 2 unspecified atom stereocenters. The summed E-state index contributed by atoms with van der Waals surface area (Å²) in [5.41, 5.74) is 1.36. The maximum absolute atomic E-state index is 11.8. The van der Waals surface area contributed by atoms with Gasteiger partial charge in [0.25, 0.3) is 0 Å². The number of H-pyrrole nitrogens is 1. The first kappa shape index (κ1) is 23.5. The molecule has 0 fully saturated rings. The zero-order valence-electron chi connectivity index (χ0n) is 18.0. The Kier molecular flexibility index (Phi) is 7.69. The minimum atomic E-state index is -3.34. The zero-order chi connectivity index (χ0) is 23.1. The molecule has 3 aromatic rings. The number of aromatic amines is 1. The number of aromatic nitrogens is 2. The second-order valence-corrected chi connectivity index (χ2v) is 9.42. The van der Waals surface area contributed by atoms with Crippen LogP contribution >= 0.6 is 7.37 Å². The normalized spacial score (nSPS) is 13.8. The third kappa shape index (κ3) is 6.43.